The number of carboxylic acid groups (broad SMARTS) is 1. The number of benzene rings is 1. The fraction of sp³-hybridized carbons (Fsp3) is 0. The Hall–Kier alpha value is -2.01. The number of anilines is 1. The Morgan fingerprint density at radius 3 is 2.75 bits per heavy atom. The van der Waals surface area contributed by atoms with Crippen molar-refractivity contribution in [1.29, 1.82) is 0 Å². The summed E-state index contributed by atoms with van der Waals surface area (Å²) in [7, 11) is 0. The van der Waals surface area contributed by atoms with Crippen LogP contribution in [0.4, 0.5) is 5.95 Å². The Morgan fingerprint density at radius 2 is 2.12 bits per heavy atom. The average Bonchev–Trinajstić information content (AvgIpc) is 2.61. The maximum atomic E-state index is 10.9. The van der Waals surface area contributed by atoms with Crippen LogP contribution >= 0.6 is 11.6 Å². The van der Waals surface area contributed by atoms with E-state index in [1.165, 1.54) is 0 Å². The Bertz CT molecular complexity index is 551. The summed E-state index contributed by atoms with van der Waals surface area (Å²) >= 11 is 5.96. The van der Waals surface area contributed by atoms with Crippen LogP contribution in [0.3, 0.4) is 0 Å². The highest BCUT2D eigenvalue weighted by molar-refractivity contribution is 6.33. The Kier molecular flexibility index (Phi) is 2.54. The summed E-state index contributed by atoms with van der Waals surface area (Å²) in [5.74, 6) is -1.08. The number of imidazole rings is 1. The molecule has 1 aromatic carbocycles. The number of aromatic amines is 1. The van der Waals surface area contributed by atoms with E-state index in [2.05, 4.69) is 9.97 Å². The molecule has 0 bridgehead atoms. The lowest BCUT2D eigenvalue weighted by Crippen LogP contribution is -1.99. The molecular formula is C10H8ClN3O2. The number of rotatable bonds is 2. The zero-order chi connectivity index (χ0) is 11.7. The molecule has 0 aliphatic carbocycles. The van der Waals surface area contributed by atoms with Crippen LogP contribution in [0.25, 0.3) is 11.3 Å². The first-order valence-electron chi connectivity index (χ1n) is 4.43. The smallest absolute Gasteiger partial charge is 0.354 e. The van der Waals surface area contributed by atoms with Gasteiger partial charge in [-0.25, -0.2) is 9.78 Å². The number of aromatic carboxylic acids is 1. The fourth-order valence-corrected chi connectivity index (χ4v) is 1.62. The molecule has 1 aromatic heterocycles. The molecule has 2 rings (SSSR count). The van der Waals surface area contributed by atoms with Crippen molar-refractivity contribution in [3.63, 3.8) is 0 Å². The maximum absolute atomic E-state index is 10.9. The maximum Gasteiger partial charge on any atom is 0.354 e. The fourth-order valence-electron chi connectivity index (χ4n) is 1.39. The quantitative estimate of drug-likeness (QED) is 0.745. The third-order valence-corrected chi connectivity index (χ3v) is 2.39. The molecule has 0 aliphatic heterocycles. The van der Waals surface area contributed by atoms with Crippen LogP contribution in [0.1, 0.15) is 10.5 Å². The van der Waals surface area contributed by atoms with Gasteiger partial charge in [-0.05, 0) is 6.07 Å². The highest BCUT2D eigenvalue weighted by Crippen LogP contribution is 2.29. The highest BCUT2D eigenvalue weighted by Gasteiger charge is 2.18. The number of hydrogen-bond acceptors (Lipinski definition) is 3. The summed E-state index contributed by atoms with van der Waals surface area (Å²) in [6.45, 7) is 0. The summed E-state index contributed by atoms with van der Waals surface area (Å²) in [6.07, 6.45) is 0. The summed E-state index contributed by atoms with van der Waals surface area (Å²) in [4.78, 5) is 17.3. The summed E-state index contributed by atoms with van der Waals surface area (Å²) < 4.78 is 0. The first-order valence-corrected chi connectivity index (χ1v) is 4.81. The van der Waals surface area contributed by atoms with E-state index in [1.807, 2.05) is 0 Å². The monoisotopic (exact) mass is 237 g/mol. The molecule has 0 saturated carbocycles. The number of nitrogen functional groups attached to an aromatic ring is 1. The predicted octanol–water partition coefficient (Wildman–Crippen LogP) is 2.01. The summed E-state index contributed by atoms with van der Waals surface area (Å²) in [6, 6.07) is 6.85. The second-order valence-electron chi connectivity index (χ2n) is 3.13. The third-order valence-electron chi connectivity index (χ3n) is 2.06. The van der Waals surface area contributed by atoms with Gasteiger partial charge in [-0.1, -0.05) is 29.8 Å². The Labute approximate surface area is 95.9 Å². The van der Waals surface area contributed by atoms with Crippen LogP contribution in [-0.4, -0.2) is 21.0 Å². The largest absolute Gasteiger partial charge is 0.477 e. The molecule has 6 heteroatoms. The molecule has 0 saturated heterocycles. The molecule has 82 valence electrons. The van der Waals surface area contributed by atoms with Crippen LogP contribution in [0.15, 0.2) is 24.3 Å². The second-order valence-corrected chi connectivity index (χ2v) is 3.54. The van der Waals surface area contributed by atoms with Crippen molar-refractivity contribution in [2.24, 2.45) is 0 Å². The van der Waals surface area contributed by atoms with Gasteiger partial charge in [-0.15, -0.1) is 0 Å². The second kappa shape index (κ2) is 3.86. The van der Waals surface area contributed by atoms with Gasteiger partial charge in [-0.2, -0.15) is 0 Å². The molecule has 2 aromatic rings. The van der Waals surface area contributed by atoms with Crippen LogP contribution in [0.2, 0.25) is 5.02 Å². The van der Waals surface area contributed by atoms with E-state index in [1.54, 1.807) is 24.3 Å². The molecule has 0 spiro atoms. The number of H-pyrrole nitrogens is 1. The lowest BCUT2D eigenvalue weighted by molar-refractivity contribution is 0.0692. The number of nitrogens with one attached hydrogen (secondary N) is 1. The van der Waals surface area contributed by atoms with Crippen molar-refractivity contribution >= 4 is 23.5 Å². The van der Waals surface area contributed by atoms with Gasteiger partial charge in [0.2, 0.25) is 0 Å². The van der Waals surface area contributed by atoms with Crippen molar-refractivity contribution in [2.75, 3.05) is 5.73 Å². The Balaban J connectivity index is 2.64. The SMILES string of the molecule is Nc1nc(-c2ccccc2Cl)c(C(=O)O)[nH]1. The molecule has 0 fully saturated rings. The highest BCUT2D eigenvalue weighted by atomic mass is 35.5. The third kappa shape index (κ3) is 1.72. The van der Waals surface area contributed by atoms with E-state index in [9.17, 15) is 4.79 Å². The molecule has 4 N–H and O–H groups in total. The lowest BCUT2D eigenvalue weighted by atomic mass is 10.1. The predicted molar refractivity (Wildman–Crippen MR) is 60.4 cm³/mol. The van der Waals surface area contributed by atoms with E-state index in [-0.39, 0.29) is 17.3 Å². The number of carbonyl (C=O) groups is 1. The van der Waals surface area contributed by atoms with Gasteiger partial charge in [-0.3, -0.25) is 0 Å². The van der Waals surface area contributed by atoms with Crippen LogP contribution in [-0.2, 0) is 0 Å². The van der Waals surface area contributed by atoms with Crippen LogP contribution in [0, 0.1) is 0 Å². The molecule has 16 heavy (non-hydrogen) atoms. The van der Waals surface area contributed by atoms with Crippen molar-refractivity contribution in [1.82, 2.24) is 9.97 Å². The average molecular weight is 238 g/mol. The molecule has 0 radical (unpaired) electrons. The zero-order valence-corrected chi connectivity index (χ0v) is 8.82. The number of aromatic nitrogens is 2. The topological polar surface area (TPSA) is 92.0 Å². The van der Waals surface area contributed by atoms with E-state index in [0.717, 1.165) is 0 Å². The van der Waals surface area contributed by atoms with E-state index < -0.39 is 5.97 Å². The number of nitrogens with zero attached hydrogens (tertiary/aromatic N) is 1. The standard InChI is InChI=1S/C10H8ClN3O2/c11-6-4-2-1-3-5(6)7-8(9(15)16)14-10(12)13-7/h1-4H,(H,15,16)(H3,12,13,14). The van der Waals surface area contributed by atoms with E-state index >= 15 is 0 Å². The van der Waals surface area contributed by atoms with Gasteiger partial charge in [0.15, 0.2) is 11.6 Å². The minimum absolute atomic E-state index is 0.0484. The van der Waals surface area contributed by atoms with Crippen LogP contribution in [0.5, 0.6) is 0 Å². The molecule has 0 amide bonds. The van der Waals surface area contributed by atoms with Gasteiger partial charge < -0.3 is 15.8 Å². The van der Waals surface area contributed by atoms with Gasteiger partial charge >= 0.3 is 5.97 Å². The van der Waals surface area contributed by atoms with Crippen LogP contribution < -0.4 is 5.73 Å². The Morgan fingerprint density at radius 1 is 1.44 bits per heavy atom. The number of hydrogen-bond donors (Lipinski definition) is 3. The number of carboxylic acids is 1. The molecule has 5 nitrogen and oxygen atoms in total. The van der Waals surface area contributed by atoms with Gasteiger partial charge in [0.25, 0.3) is 0 Å². The minimum Gasteiger partial charge on any atom is -0.477 e. The molecule has 0 aliphatic rings. The summed E-state index contributed by atoms with van der Waals surface area (Å²) in [5, 5.41) is 9.39. The van der Waals surface area contributed by atoms with Crippen molar-refractivity contribution in [2.45, 2.75) is 0 Å². The van der Waals surface area contributed by atoms with Crippen molar-refractivity contribution in [3.8, 4) is 11.3 Å². The van der Waals surface area contributed by atoms with E-state index in [4.69, 9.17) is 22.4 Å². The minimum atomic E-state index is -1.13. The van der Waals surface area contributed by atoms with Gasteiger partial charge in [0, 0.05) is 5.56 Å². The molecule has 0 unspecified atom stereocenters. The first kappa shape index (κ1) is 10.5. The molecule has 1 heterocycles. The van der Waals surface area contributed by atoms with Gasteiger partial charge in [0.1, 0.15) is 5.69 Å². The number of halogens is 1. The molecule has 0 atom stereocenters. The number of nitrogens with two attached hydrogens (primary N) is 1. The summed E-state index contributed by atoms with van der Waals surface area (Å²) in [5.41, 5.74) is 6.15. The molecular weight excluding hydrogens is 230 g/mol. The van der Waals surface area contributed by atoms with Crippen molar-refractivity contribution in [3.05, 3.63) is 35.0 Å². The first-order chi connectivity index (χ1) is 7.59. The lowest BCUT2D eigenvalue weighted by Gasteiger charge is -2.00. The van der Waals surface area contributed by atoms with Crippen molar-refractivity contribution < 1.29 is 9.90 Å². The van der Waals surface area contributed by atoms with Gasteiger partial charge in [0.05, 0.1) is 5.02 Å². The zero-order valence-electron chi connectivity index (χ0n) is 8.07. The van der Waals surface area contributed by atoms with E-state index in [0.29, 0.717) is 10.6 Å². The normalized spacial score (nSPS) is 10.3.